The molecule has 0 saturated heterocycles. The number of hydrogen-bond donors (Lipinski definition) is 2. The van der Waals surface area contributed by atoms with Crippen LogP contribution in [0, 0.1) is 13.8 Å². The van der Waals surface area contributed by atoms with E-state index in [1.807, 2.05) is 25.5 Å². The Bertz CT molecular complexity index is 1100. The van der Waals surface area contributed by atoms with E-state index in [1.165, 1.54) is 0 Å². The summed E-state index contributed by atoms with van der Waals surface area (Å²) in [5, 5.41) is 11.6. The maximum absolute atomic E-state index is 12.3. The van der Waals surface area contributed by atoms with Gasteiger partial charge in [0.05, 0.1) is 22.5 Å². The van der Waals surface area contributed by atoms with Crippen molar-refractivity contribution in [3.05, 3.63) is 81.6 Å². The van der Waals surface area contributed by atoms with Crippen LogP contribution in [0.1, 0.15) is 44.6 Å². The van der Waals surface area contributed by atoms with E-state index >= 15 is 0 Å². The molecule has 0 aliphatic rings. The van der Waals surface area contributed by atoms with E-state index in [2.05, 4.69) is 20.9 Å². The number of halogens is 1. The molecule has 1 aromatic heterocycles. The minimum absolute atomic E-state index is 0.319. The molecule has 0 unspecified atom stereocenters. The summed E-state index contributed by atoms with van der Waals surface area (Å²) in [5.41, 5.74) is 6.59. The molecule has 0 atom stereocenters. The van der Waals surface area contributed by atoms with Gasteiger partial charge in [-0.25, -0.2) is 5.43 Å². The standard InChI is InChI=1S/C22H22ClN5O2/c1-4-28-15(3)19(14(2)27-28)13-24-26-21(29)16-9-11-17(12-10-16)25-22(30)18-7-5-6-8-20(18)23/h5-13H,4H2,1-3H3,(H,25,30)(H,26,29)/b24-13+. The molecule has 2 N–H and O–H groups in total. The predicted molar refractivity (Wildman–Crippen MR) is 118 cm³/mol. The Kier molecular flexibility index (Phi) is 6.64. The minimum Gasteiger partial charge on any atom is -0.322 e. The molecule has 0 fully saturated rings. The van der Waals surface area contributed by atoms with Crippen LogP contribution in [0.25, 0.3) is 0 Å². The lowest BCUT2D eigenvalue weighted by molar-refractivity contribution is 0.0954. The van der Waals surface area contributed by atoms with Crippen LogP contribution in [0.4, 0.5) is 5.69 Å². The van der Waals surface area contributed by atoms with Crippen LogP contribution in [0.2, 0.25) is 5.02 Å². The molecule has 0 saturated carbocycles. The van der Waals surface area contributed by atoms with Crippen molar-refractivity contribution >= 4 is 35.3 Å². The summed E-state index contributed by atoms with van der Waals surface area (Å²) >= 11 is 6.04. The third-order valence-corrected chi connectivity index (χ3v) is 4.95. The number of rotatable bonds is 6. The van der Waals surface area contributed by atoms with Crippen LogP contribution < -0.4 is 10.7 Å². The van der Waals surface area contributed by atoms with E-state index in [1.54, 1.807) is 54.7 Å². The van der Waals surface area contributed by atoms with Crippen LogP contribution in [-0.2, 0) is 6.54 Å². The maximum atomic E-state index is 12.3. The van der Waals surface area contributed by atoms with Gasteiger partial charge in [0.1, 0.15) is 0 Å². The van der Waals surface area contributed by atoms with Gasteiger partial charge in [0.2, 0.25) is 0 Å². The normalized spacial score (nSPS) is 10.9. The van der Waals surface area contributed by atoms with Gasteiger partial charge in [-0.05, 0) is 57.2 Å². The fourth-order valence-corrected chi connectivity index (χ4v) is 3.20. The lowest BCUT2D eigenvalue weighted by Crippen LogP contribution is -2.18. The van der Waals surface area contributed by atoms with Crippen molar-refractivity contribution in [2.24, 2.45) is 5.10 Å². The van der Waals surface area contributed by atoms with Gasteiger partial charge in [0.15, 0.2) is 0 Å². The number of nitrogens with zero attached hydrogens (tertiary/aromatic N) is 3. The van der Waals surface area contributed by atoms with Gasteiger partial charge in [-0.1, -0.05) is 23.7 Å². The Morgan fingerprint density at radius 1 is 1.10 bits per heavy atom. The van der Waals surface area contributed by atoms with Crippen molar-refractivity contribution in [3.63, 3.8) is 0 Å². The van der Waals surface area contributed by atoms with E-state index in [0.29, 0.717) is 21.8 Å². The Morgan fingerprint density at radius 3 is 2.43 bits per heavy atom. The molecule has 0 spiro atoms. The summed E-state index contributed by atoms with van der Waals surface area (Å²) in [4.78, 5) is 24.6. The Morgan fingerprint density at radius 2 is 1.80 bits per heavy atom. The SMILES string of the molecule is CCn1nc(C)c(/C=N/NC(=O)c2ccc(NC(=O)c3ccccc3Cl)cc2)c1C. The zero-order valence-corrected chi connectivity index (χ0v) is 17.7. The summed E-state index contributed by atoms with van der Waals surface area (Å²) in [6.07, 6.45) is 1.60. The van der Waals surface area contributed by atoms with Crippen LogP contribution >= 0.6 is 11.6 Å². The number of carbonyl (C=O) groups excluding carboxylic acids is 2. The highest BCUT2D eigenvalue weighted by molar-refractivity contribution is 6.34. The summed E-state index contributed by atoms with van der Waals surface area (Å²) in [6.45, 7) is 6.65. The summed E-state index contributed by atoms with van der Waals surface area (Å²) in [6, 6.07) is 13.3. The van der Waals surface area contributed by atoms with Crippen molar-refractivity contribution in [1.82, 2.24) is 15.2 Å². The topological polar surface area (TPSA) is 88.4 Å². The van der Waals surface area contributed by atoms with E-state index in [0.717, 1.165) is 23.5 Å². The first kappa shape index (κ1) is 21.3. The monoisotopic (exact) mass is 423 g/mol. The van der Waals surface area contributed by atoms with Gasteiger partial charge in [0.25, 0.3) is 11.8 Å². The van der Waals surface area contributed by atoms with Crippen molar-refractivity contribution in [3.8, 4) is 0 Å². The first-order chi connectivity index (χ1) is 14.4. The first-order valence-electron chi connectivity index (χ1n) is 9.44. The van der Waals surface area contributed by atoms with Crippen LogP contribution in [0.15, 0.2) is 53.6 Å². The zero-order chi connectivity index (χ0) is 21.7. The van der Waals surface area contributed by atoms with Crippen molar-refractivity contribution < 1.29 is 9.59 Å². The van der Waals surface area contributed by atoms with Gasteiger partial charge in [0, 0.05) is 29.1 Å². The molecule has 8 heteroatoms. The molecule has 0 bridgehead atoms. The van der Waals surface area contributed by atoms with E-state index < -0.39 is 0 Å². The molecular weight excluding hydrogens is 402 g/mol. The number of aromatic nitrogens is 2. The Balaban J connectivity index is 1.62. The Hall–Kier alpha value is -3.45. The molecule has 3 aromatic rings. The molecule has 0 aliphatic carbocycles. The number of carbonyl (C=O) groups is 2. The van der Waals surface area contributed by atoms with Crippen molar-refractivity contribution in [2.75, 3.05) is 5.32 Å². The average Bonchev–Trinajstić information content (AvgIpc) is 3.02. The fourth-order valence-electron chi connectivity index (χ4n) is 2.97. The number of amides is 2. The Labute approximate surface area is 179 Å². The van der Waals surface area contributed by atoms with E-state index in [4.69, 9.17) is 11.6 Å². The van der Waals surface area contributed by atoms with Crippen LogP contribution in [-0.4, -0.2) is 27.8 Å². The summed E-state index contributed by atoms with van der Waals surface area (Å²) in [5.74, 6) is -0.672. The fraction of sp³-hybridized carbons (Fsp3) is 0.182. The molecule has 0 aliphatic heterocycles. The third-order valence-electron chi connectivity index (χ3n) is 4.62. The van der Waals surface area contributed by atoms with Crippen LogP contribution in [0.5, 0.6) is 0 Å². The molecule has 1 heterocycles. The van der Waals surface area contributed by atoms with Gasteiger partial charge in [-0.15, -0.1) is 0 Å². The molecule has 2 aromatic carbocycles. The third kappa shape index (κ3) is 4.75. The van der Waals surface area contributed by atoms with Crippen molar-refractivity contribution in [2.45, 2.75) is 27.3 Å². The number of hydrogen-bond acceptors (Lipinski definition) is 4. The first-order valence-corrected chi connectivity index (χ1v) is 9.81. The molecule has 0 radical (unpaired) electrons. The quantitative estimate of drug-likeness (QED) is 0.460. The number of benzene rings is 2. The molecule has 30 heavy (non-hydrogen) atoms. The van der Waals surface area contributed by atoms with Gasteiger partial charge in [-0.3, -0.25) is 14.3 Å². The second-order valence-electron chi connectivity index (χ2n) is 6.61. The predicted octanol–water partition coefficient (Wildman–Crippen LogP) is 4.19. The molecular formula is C22H22ClN5O2. The van der Waals surface area contributed by atoms with E-state index in [9.17, 15) is 9.59 Å². The van der Waals surface area contributed by atoms with Crippen molar-refractivity contribution in [1.29, 1.82) is 0 Å². The highest BCUT2D eigenvalue weighted by atomic mass is 35.5. The van der Waals surface area contributed by atoms with Crippen LogP contribution in [0.3, 0.4) is 0 Å². The van der Waals surface area contributed by atoms with Gasteiger partial charge < -0.3 is 5.32 Å². The second-order valence-corrected chi connectivity index (χ2v) is 7.02. The largest absolute Gasteiger partial charge is 0.322 e. The van der Waals surface area contributed by atoms with Gasteiger partial charge in [-0.2, -0.15) is 10.2 Å². The summed E-state index contributed by atoms with van der Waals surface area (Å²) < 4.78 is 1.88. The highest BCUT2D eigenvalue weighted by Crippen LogP contribution is 2.17. The zero-order valence-electron chi connectivity index (χ0n) is 16.9. The number of anilines is 1. The second kappa shape index (κ2) is 9.37. The molecule has 3 rings (SSSR count). The minimum atomic E-state index is -0.353. The highest BCUT2D eigenvalue weighted by Gasteiger charge is 2.11. The smallest absolute Gasteiger partial charge is 0.271 e. The number of hydrazone groups is 1. The molecule has 2 amide bonds. The maximum Gasteiger partial charge on any atom is 0.271 e. The lowest BCUT2D eigenvalue weighted by Gasteiger charge is -2.07. The molecule has 7 nitrogen and oxygen atoms in total. The lowest BCUT2D eigenvalue weighted by atomic mass is 10.1. The van der Waals surface area contributed by atoms with E-state index in [-0.39, 0.29) is 11.8 Å². The average molecular weight is 424 g/mol. The number of nitrogens with one attached hydrogen (secondary N) is 2. The number of aryl methyl sites for hydroxylation is 2. The molecule has 154 valence electrons. The summed E-state index contributed by atoms with van der Waals surface area (Å²) in [7, 11) is 0. The van der Waals surface area contributed by atoms with Gasteiger partial charge >= 0.3 is 0 Å².